The van der Waals surface area contributed by atoms with Crippen LogP contribution in [0.15, 0.2) is 24.5 Å². The maximum absolute atomic E-state index is 10.8. The van der Waals surface area contributed by atoms with Crippen LogP contribution in [-0.4, -0.2) is 17.3 Å². The average molecular weight is 180 g/mol. The molecule has 2 N–H and O–H groups in total. The highest BCUT2D eigenvalue weighted by molar-refractivity contribution is 5.82. The Hall–Kier alpha value is -1.22. The normalized spacial score (nSPS) is 8.54. The molecule has 0 aliphatic carbocycles. The maximum atomic E-state index is 10.8. The fourth-order valence-electron chi connectivity index (χ4n) is 0.800. The lowest BCUT2D eigenvalue weighted by atomic mass is 10.1. The molecule has 3 nitrogen and oxygen atoms in total. The first-order valence-electron chi connectivity index (χ1n) is 4.43. The first kappa shape index (κ1) is 11.8. The summed E-state index contributed by atoms with van der Waals surface area (Å²) < 4.78 is 0. The molecule has 0 saturated carbocycles. The molecule has 0 amide bonds. The van der Waals surface area contributed by atoms with Gasteiger partial charge in [-0.3, -0.25) is 9.78 Å². The molecular weight excluding hydrogens is 164 g/mol. The standard InChI is InChI=1S/C8H10N2O.C2H6/c9-6-8(11)5-7-1-3-10-4-2-7;1-2/h1-4H,5-6,9H2;1-2H3. The van der Waals surface area contributed by atoms with Crippen LogP contribution in [0.4, 0.5) is 0 Å². The van der Waals surface area contributed by atoms with E-state index in [-0.39, 0.29) is 12.3 Å². The van der Waals surface area contributed by atoms with Crippen LogP contribution in [0, 0.1) is 0 Å². The number of Topliss-reactive ketones (excluding diaryl/α,β-unsaturated/α-hetero) is 1. The van der Waals surface area contributed by atoms with E-state index in [4.69, 9.17) is 5.73 Å². The molecule has 0 atom stereocenters. The predicted molar refractivity (Wildman–Crippen MR) is 53.4 cm³/mol. The average Bonchev–Trinajstić information content (AvgIpc) is 2.22. The SMILES string of the molecule is CC.NCC(=O)Cc1ccncc1. The molecule has 1 aromatic rings. The van der Waals surface area contributed by atoms with E-state index in [1.165, 1.54) is 0 Å². The first-order chi connectivity index (χ1) is 6.33. The molecule has 1 heterocycles. The lowest BCUT2D eigenvalue weighted by molar-refractivity contribution is -0.117. The topological polar surface area (TPSA) is 56.0 Å². The number of nitrogens with zero attached hydrogens (tertiary/aromatic N) is 1. The van der Waals surface area contributed by atoms with Crippen molar-refractivity contribution in [2.24, 2.45) is 5.73 Å². The number of ketones is 1. The van der Waals surface area contributed by atoms with Gasteiger partial charge in [-0.25, -0.2) is 0 Å². The Kier molecular flexibility index (Phi) is 6.73. The van der Waals surface area contributed by atoms with Crippen molar-refractivity contribution in [3.8, 4) is 0 Å². The van der Waals surface area contributed by atoms with Gasteiger partial charge in [0.25, 0.3) is 0 Å². The van der Waals surface area contributed by atoms with Gasteiger partial charge in [0, 0.05) is 18.8 Å². The van der Waals surface area contributed by atoms with Crippen molar-refractivity contribution in [3.05, 3.63) is 30.1 Å². The molecule has 1 aromatic heterocycles. The van der Waals surface area contributed by atoms with Crippen LogP contribution in [-0.2, 0) is 11.2 Å². The smallest absolute Gasteiger partial charge is 0.150 e. The van der Waals surface area contributed by atoms with E-state index in [1.54, 1.807) is 12.4 Å². The molecule has 13 heavy (non-hydrogen) atoms. The fraction of sp³-hybridized carbons (Fsp3) is 0.400. The fourth-order valence-corrected chi connectivity index (χ4v) is 0.800. The van der Waals surface area contributed by atoms with Gasteiger partial charge in [0.1, 0.15) is 0 Å². The van der Waals surface area contributed by atoms with Gasteiger partial charge in [-0.2, -0.15) is 0 Å². The molecule has 1 rings (SSSR count). The zero-order chi connectivity index (χ0) is 10.1. The maximum Gasteiger partial charge on any atom is 0.150 e. The second-order valence-electron chi connectivity index (χ2n) is 2.28. The lowest BCUT2D eigenvalue weighted by Gasteiger charge is -1.95. The highest BCUT2D eigenvalue weighted by Crippen LogP contribution is 1.96. The lowest BCUT2D eigenvalue weighted by Crippen LogP contribution is -2.15. The Balaban J connectivity index is 0.000000671. The van der Waals surface area contributed by atoms with E-state index in [9.17, 15) is 4.79 Å². The third-order valence-electron chi connectivity index (χ3n) is 1.38. The van der Waals surface area contributed by atoms with Gasteiger partial charge in [0.2, 0.25) is 0 Å². The van der Waals surface area contributed by atoms with E-state index in [0.29, 0.717) is 6.42 Å². The third kappa shape index (κ3) is 5.09. The summed E-state index contributed by atoms with van der Waals surface area (Å²) in [6.07, 6.45) is 3.75. The molecule has 0 aromatic carbocycles. The van der Waals surface area contributed by atoms with Gasteiger partial charge in [-0.15, -0.1) is 0 Å². The predicted octanol–water partition coefficient (Wildman–Crippen LogP) is 1.18. The minimum atomic E-state index is 0.0520. The van der Waals surface area contributed by atoms with Crippen molar-refractivity contribution >= 4 is 5.78 Å². The summed E-state index contributed by atoms with van der Waals surface area (Å²) in [6.45, 7) is 4.11. The number of pyridine rings is 1. The van der Waals surface area contributed by atoms with E-state index >= 15 is 0 Å². The van der Waals surface area contributed by atoms with Gasteiger partial charge in [-0.1, -0.05) is 13.8 Å². The minimum absolute atomic E-state index is 0.0520. The van der Waals surface area contributed by atoms with Crippen LogP contribution in [0.5, 0.6) is 0 Å². The number of rotatable bonds is 3. The molecule has 72 valence electrons. The summed E-state index contributed by atoms with van der Waals surface area (Å²) in [4.78, 5) is 14.7. The summed E-state index contributed by atoms with van der Waals surface area (Å²) >= 11 is 0. The molecule has 0 spiro atoms. The first-order valence-corrected chi connectivity index (χ1v) is 4.43. The number of nitrogens with two attached hydrogens (primary N) is 1. The Morgan fingerprint density at radius 1 is 1.38 bits per heavy atom. The molecule has 0 radical (unpaired) electrons. The molecule has 0 fully saturated rings. The number of carbonyl (C=O) groups excluding carboxylic acids is 1. The van der Waals surface area contributed by atoms with Crippen LogP contribution in [0.25, 0.3) is 0 Å². The van der Waals surface area contributed by atoms with Crippen LogP contribution < -0.4 is 5.73 Å². The molecule has 0 bridgehead atoms. The van der Waals surface area contributed by atoms with E-state index in [2.05, 4.69) is 4.98 Å². The summed E-state index contributed by atoms with van der Waals surface area (Å²) in [6, 6.07) is 3.63. The van der Waals surface area contributed by atoms with E-state index in [0.717, 1.165) is 5.56 Å². The van der Waals surface area contributed by atoms with Gasteiger partial charge >= 0.3 is 0 Å². The van der Waals surface area contributed by atoms with Crippen molar-refractivity contribution in [1.29, 1.82) is 0 Å². The van der Waals surface area contributed by atoms with Crippen LogP contribution in [0.3, 0.4) is 0 Å². The zero-order valence-electron chi connectivity index (χ0n) is 8.16. The van der Waals surface area contributed by atoms with Crippen molar-refractivity contribution in [2.75, 3.05) is 6.54 Å². The van der Waals surface area contributed by atoms with Gasteiger partial charge in [-0.05, 0) is 17.7 Å². The highest BCUT2D eigenvalue weighted by Gasteiger charge is 1.98. The number of aromatic nitrogens is 1. The van der Waals surface area contributed by atoms with Crippen LogP contribution in [0.1, 0.15) is 19.4 Å². The monoisotopic (exact) mass is 180 g/mol. The van der Waals surface area contributed by atoms with Crippen LogP contribution in [0.2, 0.25) is 0 Å². The number of hydrogen-bond donors (Lipinski definition) is 1. The second-order valence-corrected chi connectivity index (χ2v) is 2.28. The van der Waals surface area contributed by atoms with Crippen LogP contribution >= 0.6 is 0 Å². The minimum Gasteiger partial charge on any atom is -0.324 e. The highest BCUT2D eigenvalue weighted by atomic mass is 16.1. The van der Waals surface area contributed by atoms with E-state index < -0.39 is 0 Å². The summed E-state index contributed by atoms with van der Waals surface area (Å²) in [5.41, 5.74) is 6.12. The molecule has 3 heteroatoms. The third-order valence-corrected chi connectivity index (χ3v) is 1.38. The summed E-state index contributed by atoms with van der Waals surface area (Å²) in [7, 11) is 0. The molecule has 0 saturated heterocycles. The van der Waals surface area contributed by atoms with Crippen molar-refractivity contribution in [3.63, 3.8) is 0 Å². The zero-order valence-corrected chi connectivity index (χ0v) is 8.16. The Morgan fingerprint density at radius 3 is 2.38 bits per heavy atom. The van der Waals surface area contributed by atoms with E-state index in [1.807, 2.05) is 26.0 Å². The quantitative estimate of drug-likeness (QED) is 0.759. The summed E-state index contributed by atoms with van der Waals surface area (Å²) in [5.74, 6) is 0.0520. The van der Waals surface area contributed by atoms with Gasteiger partial charge in [0.05, 0.1) is 6.54 Å². The van der Waals surface area contributed by atoms with Crippen molar-refractivity contribution in [2.45, 2.75) is 20.3 Å². The second kappa shape index (κ2) is 7.43. The molecule has 0 unspecified atom stereocenters. The van der Waals surface area contributed by atoms with Gasteiger partial charge < -0.3 is 5.73 Å². The summed E-state index contributed by atoms with van der Waals surface area (Å²) in [5, 5.41) is 0. The van der Waals surface area contributed by atoms with Crippen molar-refractivity contribution < 1.29 is 4.79 Å². The van der Waals surface area contributed by atoms with Gasteiger partial charge in [0.15, 0.2) is 5.78 Å². The largest absolute Gasteiger partial charge is 0.324 e. The molecule has 0 aliphatic heterocycles. The molecule has 0 aliphatic rings. The Labute approximate surface area is 79.0 Å². The van der Waals surface area contributed by atoms with Crippen molar-refractivity contribution in [1.82, 2.24) is 4.98 Å². The Bertz CT molecular complexity index is 234. The number of carbonyl (C=O) groups is 1. The number of hydrogen-bond acceptors (Lipinski definition) is 3. The molecular formula is C10H16N2O. The Morgan fingerprint density at radius 2 is 1.92 bits per heavy atom.